The van der Waals surface area contributed by atoms with Crippen molar-refractivity contribution in [2.45, 2.75) is 122 Å². The fraction of sp³-hybridized carbons (Fsp3) is 0.382. The quantitative estimate of drug-likeness (QED) is 0.0628. The van der Waals surface area contributed by atoms with E-state index in [1.165, 1.54) is 62.1 Å². The molecule has 0 amide bonds. The smallest absolute Gasteiger partial charge is 0.381 e. The first-order chi connectivity index (χ1) is 35.0. The van der Waals surface area contributed by atoms with Crippen LogP contribution in [0, 0.1) is 25.5 Å². The number of nitrogens with zero attached hydrogens (tertiary/aromatic N) is 5. The Morgan fingerprint density at radius 2 is 1.22 bits per heavy atom. The number of aryl methyl sites for hydroxylation is 1. The molecule has 0 radical (unpaired) electrons. The van der Waals surface area contributed by atoms with Crippen molar-refractivity contribution in [3.63, 3.8) is 0 Å². The number of pyridine rings is 4. The van der Waals surface area contributed by atoms with E-state index in [4.69, 9.17) is 27.9 Å². The molecule has 1 aliphatic heterocycles. The van der Waals surface area contributed by atoms with E-state index < -0.39 is 72.1 Å². The average Bonchev–Trinajstić information content (AvgIpc) is 3.94. The number of hydrogen-bond acceptors (Lipinski definition) is 7. The first-order valence-electron chi connectivity index (χ1n) is 23.4. The fourth-order valence-corrected chi connectivity index (χ4v) is 7.81. The Hall–Kier alpha value is -4.45. The van der Waals surface area contributed by atoms with Crippen LogP contribution in [0.15, 0.2) is 126 Å². The number of rotatable bonds is 10. The van der Waals surface area contributed by atoms with Crippen LogP contribution < -0.4 is 23.6 Å². The summed E-state index contributed by atoms with van der Waals surface area (Å²) in [5.41, 5.74) is -2.43. The zero-order chi connectivity index (χ0) is 56.2. The van der Waals surface area contributed by atoms with E-state index in [2.05, 4.69) is 42.9 Å². The second kappa shape index (κ2) is 32.6. The van der Waals surface area contributed by atoms with Crippen molar-refractivity contribution in [3.8, 4) is 0 Å². The van der Waals surface area contributed by atoms with Crippen LogP contribution in [-0.2, 0) is 51.0 Å². The van der Waals surface area contributed by atoms with Gasteiger partial charge in [-0.25, -0.2) is 21.9 Å². The van der Waals surface area contributed by atoms with Crippen LogP contribution in [0.25, 0.3) is 0 Å². The van der Waals surface area contributed by atoms with Gasteiger partial charge in [0, 0.05) is 61.4 Å². The summed E-state index contributed by atoms with van der Waals surface area (Å²) >= 11 is 11.8. The van der Waals surface area contributed by atoms with Gasteiger partial charge in [-0.1, -0.05) is 56.1 Å². The molecule has 22 heteroatoms. The Labute approximate surface area is 475 Å². The molecule has 1 fully saturated rings. The van der Waals surface area contributed by atoms with Gasteiger partial charge in [0.05, 0.1) is 53.0 Å². The van der Waals surface area contributed by atoms with Crippen LogP contribution in [-0.4, -0.2) is 56.8 Å². The van der Waals surface area contributed by atoms with E-state index in [0.717, 1.165) is 49.6 Å². The molecular formula is C55H65Cl2F8LiN6O3S2. The summed E-state index contributed by atoms with van der Waals surface area (Å²) in [7, 11) is -3.57. The van der Waals surface area contributed by atoms with Crippen LogP contribution in [0.3, 0.4) is 0 Å². The Bertz CT molecular complexity index is 2760. The fourth-order valence-electron chi connectivity index (χ4n) is 6.03. The number of benzene rings is 2. The van der Waals surface area contributed by atoms with Crippen LogP contribution >= 0.6 is 23.2 Å². The van der Waals surface area contributed by atoms with Crippen molar-refractivity contribution in [3.05, 3.63) is 195 Å². The molecule has 77 heavy (non-hydrogen) atoms. The molecule has 416 valence electrons. The molecule has 5 heterocycles. The van der Waals surface area contributed by atoms with Gasteiger partial charge in [0.15, 0.2) is 0 Å². The Kier molecular flexibility index (Phi) is 29.9. The van der Waals surface area contributed by atoms with Gasteiger partial charge in [0.25, 0.3) is 0 Å². The molecule has 4 aromatic heterocycles. The Balaban J connectivity index is 0.000000591. The molecule has 0 bridgehead atoms. The van der Waals surface area contributed by atoms with E-state index in [0.29, 0.717) is 27.9 Å². The van der Waals surface area contributed by atoms with Crippen molar-refractivity contribution in [2.24, 2.45) is 4.40 Å². The summed E-state index contributed by atoms with van der Waals surface area (Å²) in [6.45, 7) is 19.8. The van der Waals surface area contributed by atoms with Gasteiger partial charge in [-0.15, -0.1) is 0 Å². The predicted octanol–water partition coefficient (Wildman–Crippen LogP) is 12.5. The van der Waals surface area contributed by atoms with Crippen molar-refractivity contribution in [2.75, 3.05) is 13.2 Å². The van der Waals surface area contributed by atoms with Crippen molar-refractivity contribution >= 4 is 50.9 Å². The molecule has 7 rings (SSSR count). The normalized spacial score (nSPS) is 14.1. The number of alkyl halides is 6. The second-order valence-corrected chi connectivity index (χ2v) is 23.3. The first kappa shape index (κ1) is 70.6. The van der Waals surface area contributed by atoms with Gasteiger partial charge in [-0.3, -0.25) is 19.9 Å². The molecular weight excluding hydrogens is 1090 g/mol. The minimum Gasteiger partial charge on any atom is -0.381 e. The van der Waals surface area contributed by atoms with Crippen molar-refractivity contribution in [1.29, 1.82) is 0 Å². The zero-order valence-corrected chi connectivity index (χ0v) is 46.9. The van der Waals surface area contributed by atoms with Gasteiger partial charge in [-0.2, -0.15) is 37.2 Å². The van der Waals surface area contributed by atoms with E-state index in [1.807, 2.05) is 25.1 Å². The van der Waals surface area contributed by atoms with E-state index in [9.17, 15) is 43.5 Å². The summed E-state index contributed by atoms with van der Waals surface area (Å²) < 4.78 is 144. The van der Waals surface area contributed by atoms with Gasteiger partial charge in [-0.05, 0) is 152 Å². The topological polar surface area (TPSA) is 119 Å². The van der Waals surface area contributed by atoms with Gasteiger partial charge in [0.1, 0.15) is 33.9 Å². The molecule has 9 nitrogen and oxygen atoms in total. The predicted molar refractivity (Wildman–Crippen MR) is 291 cm³/mol. The molecule has 1 saturated heterocycles. The minimum absolute atomic E-state index is 0. The molecule has 0 unspecified atom stereocenters. The summed E-state index contributed by atoms with van der Waals surface area (Å²) in [6, 6.07) is 21.1. The molecule has 0 aliphatic carbocycles. The molecule has 6 aromatic rings. The van der Waals surface area contributed by atoms with E-state index in [-0.39, 0.29) is 60.9 Å². The van der Waals surface area contributed by atoms with Crippen LogP contribution in [0.4, 0.5) is 35.1 Å². The maximum atomic E-state index is 14.5. The zero-order valence-electron chi connectivity index (χ0n) is 43.8. The maximum Gasteiger partial charge on any atom is 1.00 e. The third-order valence-corrected chi connectivity index (χ3v) is 13.5. The summed E-state index contributed by atoms with van der Waals surface area (Å²) in [5.74, 6) is -2.17. The monoisotopic (exact) mass is 1150 g/mol. The summed E-state index contributed by atoms with van der Waals surface area (Å²) in [6.07, 6.45) is 1.18. The summed E-state index contributed by atoms with van der Waals surface area (Å²) in [5, 5.41) is 0.609. The number of unbranched alkanes of at least 4 members (excludes halogenated alkanes) is 1. The van der Waals surface area contributed by atoms with E-state index in [1.54, 1.807) is 65.9 Å². The van der Waals surface area contributed by atoms with Crippen LogP contribution in [0.2, 0.25) is 10.0 Å². The molecule has 0 spiro atoms. The second-order valence-electron chi connectivity index (χ2n) is 18.5. The minimum atomic E-state index is -4.79. The standard InChI is InChI=1S/C23H22ClF4N3OS.C17H15ClF4N2OS.C6H7N.C4H8O.C4H9.CH4.Li/c1-21(2,3)33(32)31-22(13-19-6-4-5-9-29-19,20-8-7-17(24)14-30-20)15-10-16(23(26,27)28)12-18(25)11-15;1-16(2,3)26(25)24-15(14-5-4-12(18)9-23-14)10-6-11(17(20,21)22)8-13(19)7-10;1-6-4-2-3-5-7-6;1-2-4-5-3-1;1-3-4-2;;/h4-12,14,31H,13H2,1-3H3;4-9H,1-3H3;2-5H,1H3;1-4H2;1,3-4H2,2H3;1H4;/q;;;;-1;;+1/t22-,33-;26-;;;;;/m01...../s1. The van der Waals surface area contributed by atoms with Gasteiger partial charge in [0.2, 0.25) is 0 Å². The number of aromatic nitrogens is 4. The number of ether oxygens (including phenoxy) is 1. The SMILES string of the molecule is C.C1CCOC1.CC(C)(C)[S@@](=O)N=C(c1cc(F)cc(C(F)(F)F)c1)c1ccc(Cl)cn1.CC(C)(C)[S@](=O)N[C@@](Cc1ccccn1)(c1cc(F)cc(C(F)(F)F)c1)c1ccc(Cl)cn1.Cc1ccccn1.[CH2-]CCC.[Li+]. The molecule has 1 N–H and O–H groups in total. The van der Waals surface area contributed by atoms with Crippen molar-refractivity contribution < 1.29 is 67.1 Å². The third-order valence-electron chi connectivity index (χ3n) is 10.0. The Morgan fingerprint density at radius 1 is 0.701 bits per heavy atom. The van der Waals surface area contributed by atoms with E-state index >= 15 is 0 Å². The largest absolute Gasteiger partial charge is 1.00 e. The molecule has 0 saturated carbocycles. The number of hydrogen-bond donors (Lipinski definition) is 1. The molecule has 1 aliphatic rings. The molecule has 3 atom stereocenters. The van der Waals surface area contributed by atoms with Gasteiger partial charge < -0.3 is 11.7 Å². The van der Waals surface area contributed by atoms with Crippen molar-refractivity contribution in [1.82, 2.24) is 24.7 Å². The Morgan fingerprint density at radius 3 is 1.62 bits per heavy atom. The van der Waals surface area contributed by atoms with Crippen LogP contribution in [0.1, 0.15) is 127 Å². The van der Waals surface area contributed by atoms with Gasteiger partial charge >= 0.3 is 31.2 Å². The third kappa shape index (κ3) is 24.2. The van der Waals surface area contributed by atoms with Crippen LogP contribution in [0.5, 0.6) is 0 Å². The number of nitrogens with one attached hydrogen (secondary N) is 1. The first-order valence-corrected chi connectivity index (χ1v) is 26.4. The summed E-state index contributed by atoms with van der Waals surface area (Å²) in [4.78, 5) is 16.6. The maximum absolute atomic E-state index is 14.5. The average molecular weight is 1150 g/mol. The molecule has 2 aromatic carbocycles. The number of halogens is 10.